The minimum atomic E-state index is 0.0269. The molecule has 8 aromatic rings. The van der Waals surface area contributed by atoms with Gasteiger partial charge in [-0.3, -0.25) is 9.79 Å². The van der Waals surface area contributed by atoms with Crippen LogP contribution in [0.15, 0.2) is 151 Å². The maximum Gasteiger partial charge on any atom is 0.150 e. The van der Waals surface area contributed by atoms with Gasteiger partial charge >= 0.3 is 0 Å². The molecule has 60 heavy (non-hydrogen) atoms. The summed E-state index contributed by atoms with van der Waals surface area (Å²) >= 11 is 0. The summed E-state index contributed by atoms with van der Waals surface area (Å²) in [5.74, 6) is 1.67. The Kier molecular flexibility index (Phi) is 12.3. The number of nitrogens with zero attached hydrogens (tertiary/aromatic N) is 2. The number of H-pyrrole nitrogens is 1. The highest BCUT2D eigenvalue weighted by molar-refractivity contribution is 6.07. The third-order valence-corrected chi connectivity index (χ3v) is 10.2. The fraction of sp³-hybridized carbons (Fsp3) is 0.0816. The second kappa shape index (κ2) is 18.2. The molecule has 11 N–H and O–H groups in total. The van der Waals surface area contributed by atoms with E-state index in [-0.39, 0.29) is 13.2 Å². The van der Waals surface area contributed by atoms with Crippen LogP contribution in [0.4, 0.5) is 28.4 Å². The zero-order valence-corrected chi connectivity index (χ0v) is 33.0. The van der Waals surface area contributed by atoms with Gasteiger partial charge in [-0.2, -0.15) is 0 Å². The maximum atomic E-state index is 10.1. The lowest BCUT2D eigenvalue weighted by molar-refractivity contribution is 0.112. The van der Waals surface area contributed by atoms with E-state index in [0.29, 0.717) is 28.3 Å². The normalized spacial score (nSPS) is 11.4. The zero-order chi connectivity index (χ0) is 42.2. The predicted octanol–water partition coefficient (Wildman–Crippen LogP) is 8.75. The van der Waals surface area contributed by atoms with Crippen LogP contribution >= 0.6 is 0 Å². The van der Waals surface area contributed by atoms with Crippen molar-refractivity contribution >= 4 is 51.5 Å². The molecular weight excluding hydrogens is 751 g/mol. The number of benzene rings is 7. The first kappa shape index (κ1) is 40.5. The standard InChI is InChI=1S/C29H23N3O2.C12H14N4.C8H8O2/c1-34-24-11-8-19(9-12-24)26-16-23-7-6-21(14-27(23)30-26)22-10-13-25-28(15-22)32-29(31-25)20-4-2-18(17-33)3-5-20;13-9-3-1-7(5-11(9)15)8-2-4-10(14)12(16)6-8;9-5-7-1-2-8(6-10)4-3-7/h2-15,33H,16-17H2,1H3,(H,31,32);1-6H,13-16H2;1-5,10H,6H2. The molecule has 300 valence electrons. The van der Waals surface area contributed by atoms with Gasteiger partial charge in [0.15, 0.2) is 0 Å². The van der Waals surface area contributed by atoms with Crippen LogP contribution in [0.2, 0.25) is 0 Å². The van der Waals surface area contributed by atoms with Crippen LogP contribution in [0.1, 0.15) is 32.6 Å². The van der Waals surface area contributed by atoms with Gasteiger partial charge in [0.1, 0.15) is 17.9 Å². The van der Waals surface area contributed by atoms with Gasteiger partial charge < -0.3 is 42.9 Å². The maximum absolute atomic E-state index is 10.1. The number of aromatic amines is 1. The van der Waals surface area contributed by atoms with Gasteiger partial charge in [-0.05, 0) is 111 Å². The highest BCUT2D eigenvalue weighted by atomic mass is 16.5. The second-order valence-electron chi connectivity index (χ2n) is 14.2. The Balaban J connectivity index is 0.000000172. The van der Waals surface area contributed by atoms with Crippen molar-refractivity contribution in [2.75, 3.05) is 30.0 Å². The molecule has 0 bridgehead atoms. The number of carbonyl (C=O) groups excluding carboxylic acids is 1. The lowest BCUT2D eigenvalue weighted by atomic mass is 10.00. The van der Waals surface area contributed by atoms with Gasteiger partial charge in [-0.1, -0.05) is 78.9 Å². The van der Waals surface area contributed by atoms with Crippen LogP contribution in [-0.4, -0.2) is 39.3 Å². The number of rotatable bonds is 8. The number of carbonyl (C=O) groups is 1. The molecule has 11 nitrogen and oxygen atoms in total. The van der Waals surface area contributed by atoms with Crippen LogP contribution in [-0.2, 0) is 19.6 Å². The largest absolute Gasteiger partial charge is 0.497 e. The Morgan fingerprint density at radius 2 is 1.12 bits per heavy atom. The first-order valence-electron chi connectivity index (χ1n) is 19.1. The Labute approximate surface area is 347 Å². The molecule has 11 heteroatoms. The van der Waals surface area contributed by atoms with E-state index >= 15 is 0 Å². The van der Waals surface area contributed by atoms with Gasteiger partial charge in [0, 0.05) is 17.5 Å². The lowest BCUT2D eigenvalue weighted by Gasteiger charge is -2.07. The van der Waals surface area contributed by atoms with Crippen molar-refractivity contribution in [2.45, 2.75) is 19.6 Å². The molecule has 0 spiro atoms. The van der Waals surface area contributed by atoms with Crippen LogP contribution in [0.25, 0.3) is 44.7 Å². The second-order valence-corrected chi connectivity index (χ2v) is 14.2. The number of methoxy groups -OCH3 is 1. The molecule has 0 saturated carbocycles. The minimum absolute atomic E-state index is 0.0269. The number of nitrogen functional groups attached to an aromatic ring is 4. The minimum Gasteiger partial charge on any atom is -0.497 e. The number of aliphatic hydroxyl groups excluding tert-OH is 2. The fourth-order valence-corrected chi connectivity index (χ4v) is 6.62. The molecule has 0 unspecified atom stereocenters. The Bertz CT molecular complexity index is 2750. The average molecular weight is 796 g/mol. The molecule has 0 fully saturated rings. The van der Waals surface area contributed by atoms with E-state index in [1.807, 2.05) is 66.7 Å². The number of aromatic nitrogens is 2. The van der Waals surface area contributed by atoms with E-state index in [0.717, 1.165) is 91.2 Å². The number of fused-ring (bicyclic) bond motifs is 2. The van der Waals surface area contributed by atoms with Crippen molar-refractivity contribution in [3.05, 3.63) is 173 Å². The van der Waals surface area contributed by atoms with E-state index in [1.54, 1.807) is 43.5 Å². The summed E-state index contributed by atoms with van der Waals surface area (Å²) in [5, 5.41) is 17.9. The monoisotopic (exact) mass is 795 g/mol. The number of imidazole rings is 1. The third kappa shape index (κ3) is 9.35. The molecule has 0 radical (unpaired) electrons. The van der Waals surface area contributed by atoms with Gasteiger partial charge in [0.25, 0.3) is 0 Å². The van der Waals surface area contributed by atoms with Crippen LogP contribution in [0, 0.1) is 0 Å². The van der Waals surface area contributed by atoms with E-state index in [2.05, 4.69) is 47.4 Å². The van der Waals surface area contributed by atoms with E-state index < -0.39 is 0 Å². The molecule has 1 aromatic heterocycles. The first-order chi connectivity index (χ1) is 29.1. The summed E-state index contributed by atoms with van der Waals surface area (Å²) in [6, 6.07) is 46.4. The molecule has 1 aliphatic rings. The molecule has 0 atom stereocenters. The molecule has 0 amide bonds. The van der Waals surface area contributed by atoms with Gasteiger partial charge in [-0.15, -0.1) is 0 Å². The number of aliphatic hydroxyl groups is 2. The topological polar surface area (TPSA) is 212 Å². The molecule has 7 aromatic carbocycles. The van der Waals surface area contributed by atoms with E-state index in [4.69, 9.17) is 42.8 Å². The summed E-state index contributed by atoms with van der Waals surface area (Å²) in [6.45, 7) is 0.0648. The molecule has 1 aliphatic heterocycles. The molecular formula is C49H45N7O4. The fourth-order valence-electron chi connectivity index (χ4n) is 6.62. The number of nitrogens with one attached hydrogen (secondary N) is 1. The summed E-state index contributed by atoms with van der Waals surface area (Å²) < 4.78 is 5.27. The van der Waals surface area contributed by atoms with Crippen molar-refractivity contribution in [3.63, 3.8) is 0 Å². The number of aldehydes is 1. The average Bonchev–Trinajstić information content (AvgIpc) is 3.93. The molecule has 9 rings (SSSR count). The number of nitrogens with two attached hydrogens (primary N) is 4. The molecule has 2 heterocycles. The highest BCUT2D eigenvalue weighted by Gasteiger charge is 2.17. The predicted molar refractivity (Wildman–Crippen MR) is 243 cm³/mol. The van der Waals surface area contributed by atoms with Crippen LogP contribution in [0.3, 0.4) is 0 Å². The summed E-state index contributed by atoms with van der Waals surface area (Å²) in [7, 11) is 1.68. The molecule has 0 saturated heterocycles. The van der Waals surface area contributed by atoms with Crippen molar-refractivity contribution in [3.8, 4) is 39.4 Å². The SMILES string of the molecule is COc1ccc(C2=Nc3cc(-c4ccc5nc(-c6ccc(CO)cc6)[nH]c5c4)ccc3C2)cc1.Nc1ccc(-c2ccc(N)c(N)c2)cc1N.O=Cc1ccc(CO)cc1. The Morgan fingerprint density at radius 1 is 0.600 bits per heavy atom. The first-order valence-corrected chi connectivity index (χ1v) is 19.1. The lowest BCUT2D eigenvalue weighted by Crippen LogP contribution is -1.99. The van der Waals surface area contributed by atoms with Crippen molar-refractivity contribution in [1.82, 2.24) is 9.97 Å². The Hall–Kier alpha value is -7.73. The summed E-state index contributed by atoms with van der Waals surface area (Å²) in [4.78, 5) is 23.2. The quantitative estimate of drug-likeness (QED) is 0.0578. The summed E-state index contributed by atoms with van der Waals surface area (Å²) in [5.41, 5.74) is 39.0. The van der Waals surface area contributed by atoms with Crippen LogP contribution in [0.5, 0.6) is 5.75 Å². The van der Waals surface area contributed by atoms with E-state index in [1.165, 1.54) is 5.56 Å². The number of hydrogen-bond donors (Lipinski definition) is 7. The van der Waals surface area contributed by atoms with Gasteiger partial charge in [0.2, 0.25) is 0 Å². The smallest absolute Gasteiger partial charge is 0.150 e. The van der Waals surface area contributed by atoms with Crippen LogP contribution < -0.4 is 27.7 Å². The van der Waals surface area contributed by atoms with E-state index in [9.17, 15) is 9.90 Å². The summed E-state index contributed by atoms with van der Waals surface area (Å²) in [6.07, 6.45) is 1.61. The molecule has 0 aliphatic carbocycles. The number of aliphatic imine (C=N–C) groups is 1. The zero-order valence-electron chi connectivity index (χ0n) is 33.0. The van der Waals surface area contributed by atoms with Gasteiger partial charge in [-0.25, -0.2) is 4.98 Å². The van der Waals surface area contributed by atoms with Crippen molar-refractivity contribution < 1.29 is 19.7 Å². The number of hydrogen-bond acceptors (Lipinski definition) is 10. The highest BCUT2D eigenvalue weighted by Crippen LogP contribution is 2.35. The number of anilines is 4. The third-order valence-electron chi connectivity index (χ3n) is 10.2. The van der Waals surface area contributed by atoms with Crippen molar-refractivity contribution in [1.29, 1.82) is 0 Å². The Morgan fingerprint density at radius 3 is 1.68 bits per heavy atom. The van der Waals surface area contributed by atoms with Gasteiger partial charge in [0.05, 0.1) is 65.5 Å². The number of ether oxygens (including phenoxy) is 1. The van der Waals surface area contributed by atoms with Crippen molar-refractivity contribution in [2.24, 2.45) is 4.99 Å².